The van der Waals surface area contributed by atoms with Gasteiger partial charge >= 0.3 is 0 Å². The molecule has 2 rings (SSSR count). The molecule has 0 aliphatic heterocycles. The number of rotatable bonds is 3. The highest BCUT2D eigenvalue weighted by Crippen LogP contribution is 2.29. The Bertz CT molecular complexity index is 305. The monoisotopic (exact) mass is 206 g/mol. The molecule has 0 bridgehead atoms. The summed E-state index contributed by atoms with van der Waals surface area (Å²) in [5, 5.41) is 0. The summed E-state index contributed by atoms with van der Waals surface area (Å²) in [5.41, 5.74) is 1.01. The van der Waals surface area contributed by atoms with E-state index in [4.69, 9.17) is 4.42 Å². The first kappa shape index (κ1) is 10.5. The Morgan fingerprint density at radius 2 is 2.13 bits per heavy atom. The fraction of sp³-hybridized carbons (Fsp3) is 0.615. The van der Waals surface area contributed by atoms with Crippen molar-refractivity contribution in [3.05, 3.63) is 24.2 Å². The molecule has 0 atom stereocenters. The standard InChI is InChI=1S/C13H18O2/c1-10-2-4-12(5-3-10)13(14)8-11-6-7-15-9-11/h6-7,9-10,12H,2-5,8H2,1H3. The highest BCUT2D eigenvalue weighted by atomic mass is 16.3. The molecule has 0 saturated heterocycles. The topological polar surface area (TPSA) is 30.2 Å². The van der Waals surface area contributed by atoms with Crippen LogP contribution in [-0.2, 0) is 11.2 Å². The third-order valence-electron chi connectivity index (χ3n) is 3.43. The number of hydrogen-bond acceptors (Lipinski definition) is 2. The van der Waals surface area contributed by atoms with Crippen molar-refractivity contribution in [2.24, 2.45) is 11.8 Å². The lowest BCUT2D eigenvalue weighted by atomic mass is 9.80. The van der Waals surface area contributed by atoms with Crippen molar-refractivity contribution in [2.45, 2.75) is 39.0 Å². The Morgan fingerprint density at radius 3 is 2.73 bits per heavy atom. The van der Waals surface area contributed by atoms with Crippen molar-refractivity contribution in [3.63, 3.8) is 0 Å². The number of Topliss-reactive ketones (excluding diaryl/α,β-unsaturated/α-hetero) is 1. The number of carbonyl (C=O) groups is 1. The summed E-state index contributed by atoms with van der Waals surface area (Å²) in [6.07, 6.45) is 8.43. The molecule has 0 radical (unpaired) electrons. The molecule has 0 spiro atoms. The molecule has 1 heterocycles. The highest BCUT2D eigenvalue weighted by Gasteiger charge is 2.24. The zero-order valence-corrected chi connectivity index (χ0v) is 9.24. The van der Waals surface area contributed by atoms with Gasteiger partial charge in [0.15, 0.2) is 0 Å². The highest BCUT2D eigenvalue weighted by molar-refractivity contribution is 5.83. The summed E-state index contributed by atoms with van der Waals surface area (Å²) in [6, 6.07) is 1.88. The fourth-order valence-electron chi connectivity index (χ4n) is 2.32. The van der Waals surface area contributed by atoms with E-state index in [9.17, 15) is 4.79 Å². The van der Waals surface area contributed by atoms with Crippen LogP contribution in [0.2, 0.25) is 0 Å². The minimum absolute atomic E-state index is 0.302. The minimum Gasteiger partial charge on any atom is -0.472 e. The average molecular weight is 206 g/mol. The summed E-state index contributed by atoms with van der Waals surface area (Å²) in [4.78, 5) is 11.9. The first-order valence-electron chi connectivity index (χ1n) is 5.79. The first-order valence-corrected chi connectivity index (χ1v) is 5.79. The molecule has 15 heavy (non-hydrogen) atoms. The van der Waals surface area contributed by atoms with Crippen molar-refractivity contribution in [2.75, 3.05) is 0 Å². The van der Waals surface area contributed by atoms with Gasteiger partial charge in [-0.2, -0.15) is 0 Å². The predicted molar refractivity (Wildman–Crippen MR) is 58.5 cm³/mol. The summed E-state index contributed by atoms with van der Waals surface area (Å²) in [7, 11) is 0. The zero-order valence-electron chi connectivity index (χ0n) is 9.24. The maximum Gasteiger partial charge on any atom is 0.140 e. The van der Waals surface area contributed by atoms with Crippen molar-refractivity contribution in [1.29, 1.82) is 0 Å². The van der Waals surface area contributed by atoms with E-state index in [0.29, 0.717) is 18.1 Å². The second-order valence-corrected chi connectivity index (χ2v) is 4.73. The zero-order chi connectivity index (χ0) is 10.7. The van der Waals surface area contributed by atoms with Crippen LogP contribution in [0.3, 0.4) is 0 Å². The Morgan fingerprint density at radius 1 is 1.40 bits per heavy atom. The molecule has 1 aliphatic carbocycles. The molecule has 0 N–H and O–H groups in total. The van der Waals surface area contributed by atoms with Crippen LogP contribution in [0.25, 0.3) is 0 Å². The van der Waals surface area contributed by atoms with Gasteiger partial charge in [-0.1, -0.05) is 19.8 Å². The van der Waals surface area contributed by atoms with Crippen molar-refractivity contribution in [1.82, 2.24) is 0 Å². The molecule has 82 valence electrons. The van der Waals surface area contributed by atoms with Gasteiger partial charge < -0.3 is 4.42 Å². The van der Waals surface area contributed by atoms with Gasteiger partial charge in [-0.25, -0.2) is 0 Å². The van der Waals surface area contributed by atoms with Crippen LogP contribution in [0, 0.1) is 11.8 Å². The Hall–Kier alpha value is -1.05. The smallest absolute Gasteiger partial charge is 0.140 e. The van der Waals surface area contributed by atoms with Gasteiger partial charge in [0.2, 0.25) is 0 Å². The van der Waals surface area contributed by atoms with Gasteiger partial charge in [0.05, 0.1) is 12.5 Å². The van der Waals surface area contributed by atoms with Gasteiger partial charge in [-0.3, -0.25) is 4.79 Å². The van der Waals surface area contributed by atoms with E-state index in [-0.39, 0.29) is 0 Å². The largest absolute Gasteiger partial charge is 0.472 e. The van der Waals surface area contributed by atoms with Gasteiger partial charge in [0, 0.05) is 12.3 Å². The average Bonchev–Trinajstić information content (AvgIpc) is 2.71. The van der Waals surface area contributed by atoms with E-state index in [0.717, 1.165) is 24.3 Å². The molecule has 1 aromatic heterocycles. The Balaban J connectivity index is 1.86. The van der Waals surface area contributed by atoms with Crippen LogP contribution in [0.5, 0.6) is 0 Å². The van der Waals surface area contributed by atoms with Crippen molar-refractivity contribution in [3.8, 4) is 0 Å². The van der Waals surface area contributed by atoms with Crippen LogP contribution in [-0.4, -0.2) is 5.78 Å². The summed E-state index contributed by atoms with van der Waals surface area (Å²) < 4.78 is 4.97. The molecule has 1 aromatic rings. The van der Waals surface area contributed by atoms with E-state index in [1.165, 1.54) is 12.8 Å². The molecule has 0 aromatic carbocycles. The van der Waals surface area contributed by atoms with Gasteiger partial charge in [0.1, 0.15) is 5.78 Å². The molecule has 1 fully saturated rings. The molecule has 2 heteroatoms. The lowest BCUT2D eigenvalue weighted by molar-refractivity contribution is -0.123. The number of carbonyl (C=O) groups excluding carboxylic acids is 1. The van der Waals surface area contributed by atoms with Gasteiger partial charge in [0.25, 0.3) is 0 Å². The lowest BCUT2D eigenvalue weighted by Gasteiger charge is -2.24. The lowest BCUT2D eigenvalue weighted by Crippen LogP contribution is -2.22. The molecule has 2 nitrogen and oxygen atoms in total. The Kier molecular flexibility index (Phi) is 3.24. The van der Waals surface area contributed by atoms with Crippen molar-refractivity contribution >= 4 is 5.78 Å². The summed E-state index contributed by atoms with van der Waals surface area (Å²) >= 11 is 0. The molecule has 0 unspecified atom stereocenters. The predicted octanol–water partition coefficient (Wildman–Crippen LogP) is 3.22. The quantitative estimate of drug-likeness (QED) is 0.760. The maximum absolute atomic E-state index is 11.9. The van der Waals surface area contributed by atoms with E-state index in [2.05, 4.69) is 6.92 Å². The third-order valence-corrected chi connectivity index (χ3v) is 3.43. The third kappa shape index (κ3) is 2.71. The van der Waals surface area contributed by atoms with Crippen LogP contribution < -0.4 is 0 Å². The molecule has 1 aliphatic rings. The molecular formula is C13H18O2. The fourth-order valence-corrected chi connectivity index (χ4v) is 2.32. The van der Waals surface area contributed by atoms with Crippen molar-refractivity contribution < 1.29 is 9.21 Å². The van der Waals surface area contributed by atoms with E-state index < -0.39 is 0 Å². The maximum atomic E-state index is 11.9. The van der Waals surface area contributed by atoms with Gasteiger partial charge in [-0.15, -0.1) is 0 Å². The molecular weight excluding hydrogens is 188 g/mol. The summed E-state index contributed by atoms with van der Waals surface area (Å²) in [6.45, 7) is 2.27. The van der Waals surface area contributed by atoms with Crippen LogP contribution in [0.1, 0.15) is 38.2 Å². The second-order valence-electron chi connectivity index (χ2n) is 4.73. The van der Waals surface area contributed by atoms with Gasteiger partial charge in [-0.05, 0) is 30.4 Å². The number of furan rings is 1. The van der Waals surface area contributed by atoms with Crippen LogP contribution in [0.15, 0.2) is 23.0 Å². The molecule has 0 amide bonds. The normalized spacial score (nSPS) is 26.5. The molecule has 1 saturated carbocycles. The van der Waals surface area contributed by atoms with E-state index >= 15 is 0 Å². The van der Waals surface area contributed by atoms with E-state index in [1.54, 1.807) is 12.5 Å². The number of ketones is 1. The van der Waals surface area contributed by atoms with Crippen LogP contribution in [0.4, 0.5) is 0 Å². The minimum atomic E-state index is 0.302. The second kappa shape index (κ2) is 4.65. The van der Waals surface area contributed by atoms with Crippen LogP contribution >= 0.6 is 0 Å². The van der Waals surface area contributed by atoms with E-state index in [1.807, 2.05) is 6.07 Å². The summed E-state index contributed by atoms with van der Waals surface area (Å²) in [5.74, 6) is 1.50. The first-order chi connectivity index (χ1) is 7.25. The SMILES string of the molecule is CC1CCC(C(=O)Cc2ccoc2)CC1. The number of hydrogen-bond donors (Lipinski definition) is 0. The Labute approximate surface area is 90.7 Å².